The minimum atomic E-state index is -0.839. The Labute approximate surface area is 121 Å². The normalized spacial score (nSPS) is 17.8. The van der Waals surface area contributed by atoms with Crippen molar-refractivity contribution in [2.45, 2.75) is 31.7 Å². The number of halogens is 1. The van der Waals surface area contributed by atoms with Crippen molar-refractivity contribution in [3.63, 3.8) is 0 Å². The van der Waals surface area contributed by atoms with Gasteiger partial charge in [0.25, 0.3) is 0 Å². The van der Waals surface area contributed by atoms with Gasteiger partial charge in [-0.2, -0.15) is 5.10 Å². The number of aliphatic carboxylic acids is 1. The molecule has 0 saturated heterocycles. The molecule has 0 fully saturated rings. The first-order chi connectivity index (χ1) is 9.63. The molecule has 1 aliphatic rings. The molecule has 1 aliphatic heterocycles. The van der Waals surface area contributed by atoms with Crippen LogP contribution in [0.2, 0.25) is 5.02 Å². The van der Waals surface area contributed by atoms with Crippen LogP contribution in [0.4, 0.5) is 0 Å². The highest BCUT2D eigenvalue weighted by molar-refractivity contribution is 6.30. The first-order valence-electron chi connectivity index (χ1n) is 6.55. The molecule has 0 spiro atoms. The van der Waals surface area contributed by atoms with Gasteiger partial charge in [0.1, 0.15) is 5.82 Å². The van der Waals surface area contributed by atoms with Crippen molar-refractivity contribution < 1.29 is 9.90 Å². The fourth-order valence-corrected chi connectivity index (χ4v) is 2.61. The van der Waals surface area contributed by atoms with Crippen LogP contribution < -0.4 is 0 Å². The molecule has 104 valence electrons. The quantitative estimate of drug-likeness (QED) is 0.943. The van der Waals surface area contributed by atoms with Gasteiger partial charge in [-0.25, -0.2) is 14.5 Å². The molecule has 2 aromatic rings. The van der Waals surface area contributed by atoms with Crippen molar-refractivity contribution in [3.05, 3.63) is 46.5 Å². The summed E-state index contributed by atoms with van der Waals surface area (Å²) in [4.78, 5) is 15.7. The lowest BCUT2D eigenvalue weighted by Gasteiger charge is -2.19. The van der Waals surface area contributed by atoms with Gasteiger partial charge in [-0.15, -0.1) is 0 Å². The van der Waals surface area contributed by atoms with Crippen LogP contribution >= 0.6 is 11.6 Å². The van der Waals surface area contributed by atoms with Crippen LogP contribution in [0, 0.1) is 0 Å². The van der Waals surface area contributed by atoms with Crippen LogP contribution in [0.3, 0.4) is 0 Å². The van der Waals surface area contributed by atoms with Crippen LogP contribution in [0.15, 0.2) is 24.3 Å². The van der Waals surface area contributed by atoms with Gasteiger partial charge in [-0.3, -0.25) is 0 Å². The number of aromatic nitrogens is 3. The van der Waals surface area contributed by atoms with Crippen molar-refractivity contribution in [2.24, 2.45) is 0 Å². The van der Waals surface area contributed by atoms with Gasteiger partial charge in [-0.1, -0.05) is 23.7 Å². The monoisotopic (exact) mass is 291 g/mol. The first kappa shape index (κ1) is 13.1. The van der Waals surface area contributed by atoms with Crippen LogP contribution in [-0.2, 0) is 17.6 Å². The Balaban J connectivity index is 1.85. The molecule has 5 nitrogen and oxygen atoms in total. The van der Waals surface area contributed by atoms with E-state index in [4.69, 9.17) is 11.6 Å². The van der Waals surface area contributed by atoms with E-state index in [1.807, 2.05) is 24.3 Å². The lowest BCUT2D eigenvalue weighted by atomic mass is 10.1. The summed E-state index contributed by atoms with van der Waals surface area (Å²) in [6.45, 7) is 0. The summed E-state index contributed by atoms with van der Waals surface area (Å²) >= 11 is 5.85. The summed E-state index contributed by atoms with van der Waals surface area (Å²) in [5, 5.41) is 14.3. The number of hydrogen-bond donors (Lipinski definition) is 1. The second-order valence-corrected chi connectivity index (χ2v) is 5.37. The molecule has 6 heteroatoms. The number of carbonyl (C=O) groups is 1. The van der Waals surface area contributed by atoms with E-state index >= 15 is 0 Å². The molecule has 0 amide bonds. The van der Waals surface area contributed by atoms with E-state index in [-0.39, 0.29) is 0 Å². The molecule has 2 heterocycles. The highest BCUT2D eigenvalue weighted by Crippen LogP contribution is 2.24. The number of fused-ring (bicyclic) bond motifs is 1. The van der Waals surface area contributed by atoms with E-state index in [0.29, 0.717) is 23.7 Å². The molecule has 1 unspecified atom stereocenters. The van der Waals surface area contributed by atoms with Crippen molar-refractivity contribution in [1.82, 2.24) is 14.8 Å². The number of nitrogens with zero attached hydrogens (tertiary/aromatic N) is 3. The highest BCUT2D eigenvalue weighted by Gasteiger charge is 2.28. The molecular weight excluding hydrogens is 278 g/mol. The molecule has 0 bridgehead atoms. The second kappa shape index (κ2) is 5.25. The van der Waals surface area contributed by atoms with Crippen molar-refractivity contribution in [3.8, 4) is 0 Å². The van der Waals surface area contributed by atoms with Crippen LogP contribution in [-0.4, -0.2) is 25.8 Å². The Bertz CT molecular complexity index is 636. The number of hydrogen-bond acceptors (Lipinski definition) is 3. The predicted octanol–water partition coefficient (Wildman–Crippen LogP) is 2.48. The van der Waals surface area contributed by atoms with Gasteiger partial charge in [0.05, 0.1) is 0 Å². The number of rotatable bonds is 3. The van der Waals surface area contributed by atoms with E-state index in [9.17, 15) is 9.90 Å². The van der Waals surface area contributed by atoms with Crippen molar-refractivity contribution in [1.29, 1.82) is 0 Å². The smallest absolute Gasteiger partial charge is 0.328 e. The van der Waals surface area contributed by atoms with Gasteiger partial charge >= 0.3 is 5.97 Å². The fraction of sp³-hybridized carbons (Fsp3) is 0.357. The Morgan fingerprint density at radius 3 is 2.85 bits per heavy atom. The molecule has 0 radical (unpaired) electrons. The zero-order chi connectivity index (χ0) is 14.1. The summed E-state index contributed by atoms with van der Waals surface area (Å²) in [5.41, 5.74) is 1.06. The topological polar surface area (TPSA) is 68.0 Å². The average molecular weight is 292 g/mol. The summed E-state index contributed by atoms with van der Waals surface area (Å²) in [6.07, 6.45) is 2.84. The Kier molecular flexibility index (Phi) is 3.44. The molecule has 1 aromatic heterocycles. The lowest BCUT2D eigenvalue weighted by molar-refractivity contribution is -0.141. The molecular formula is C14H14ClN3O2. The Morgan fingerprint density at radius 1 is 1.40 bits per heavy atom. The molecule has 1 aromatic carbocycles. The number of benzene rings is 1. The standard InChI is InChI=1S/C14H14ClN3O2/c15-10-6-4-9(5-7-10)8-12-16-13-3-1-2-11(14(19)20)18(13)17-12/h4-7,11H,1-3,8H2,(H,19,20). The lowest BCUT2D eigenvalue weighted by Crippen LogP contribution is -2.26. The van der Waals surface area contributed by atoms with E-state index < -0.39 is 12.0 Å². The van der Waals surface area contributed by atoms with Crippen LogP contribution in [0.25, 0.3) is 0 Å². The third-order valence-electron chi connectivity index (χ3n) is 3.48. The molecule has 0 aliphatic carbocycles. The third kappa shape index (κ3) is 2.54. The van der Waals surface area contributed by atoms with Gasteiger partial charge < -0.3 is 5.11 Å². The van der Waals surface area contributed by atoms with E-state index in [1.165, 1.54) is 0 Å². The van der Waals surface area contributed by atoms with Gasteiger partial charge in [0, 0.05) is 17.9 Å². The summed E-state index contributed by atoms with van der Waals surface area (Å²) in [7, 11) is 0. The number of aryl methyl sites for hydroxylation is 1. The van der Waals surface area contributed by atoms with E-state index in [1.54, 1.807) is 4.68 Å². The minimum Gasteiger partial charge on any atom is -0.480 e. The maximum absolute atomic E-state index is 11.2. The summed E-state index contributed by atoms with van der Waals surface area (Å²) in [6, 6.07) is 6.93. The number of carboxylic acids is 1. The zero-order valence-electron chi connectivity index (χ0n) is 10.8. The zero-order valence-corrected chi connectivity index (χ0v) is 11.5. The van der Waals surface area contributed by atoms with E-state index in [0.717, 1.165) is 24.2 Å². The van der Waals surface area contributed by atoms with Crippen molar-refractivity contribution >= 4 is 17.6 Å². The van der Waals surface area contributed by atoms with Gasteiger partial charge in [0.2, 0.25) is 0 Å². The van der Waals surface area contributed by atoms with Gasteiger partial charge in [-0.05, 0) is 30.5 Å². The van der Waals surface area contributed by atoms with Crippen LogP contribution in [0.5, 0.6) is 0 Å². The predicted molar refractivity (Wildman–Crippen MR) is 73.9 cm³/mol. The Hall–Kier alpha value is -1.88. The molecule has 3 rings (SSSR count). The first-order valence-corrected chi connectivity index (χ1v) is 6.93. The molecule has 1 N–H and O–H groups in total. The second-order valence-electron chi connectivity index (χ2n) is 4.94. The summed E-state index contributed by atoms with van der Waals surface area (Å²) < 4.78 is 1.57. The van der Waals surface area contributed by atoms with Gasteiger partial charge in [0.15, 0.2) is 11.9 Å². The molecule has 1 atom stereocenters. The van der Waals surface area contributed by atoms with Crippen molar-refractivity contribution in [2.75, 3.05) is 0 Å². The SMILES string of the molecule is O=C(O)C1CCCc2nc(Cc3ccc(Cl)cc3)nn21. The summed E-state index contributed by atoms with van der Waals surface area (Å²) in [5.74, 6) is 0.594. The molecule has 0 saturated carbocycles. The maximum atomic E-state index is 11.2. The van der Waals surface area contributed by atoms with E-state index in [2.05, 4.69) is 10.1 Å². The Morgan fingerprint density at radius 2 is 2.15 bits per heavy atom. The van der Waals surface area contributed by atoms with Crippen LogP contribution in [0.1, 0.15) is 36.1 Å². The maximum Gasteiger partial charge on any atom is 0.328 e. The fourth-order valence-electron chi connectivity index (χ4n) is 2.49. The highest BCUT2D eigenvalue weighted by atomic mass is 35.5. The third-order valence-corrected chi connectivity index (χ3v) is 3.73. The number of carboxylic acid groups (broad SMARTS) is 1. The minimum absolute atomic E-state index is 0.579. The largest absolute Gasteiger partial charge is 0.480 e. The average Bonchev–Trinajstić information content (AvgIpc) is 2.83. The molecule has 20 heavy (non-hydrogen) atoms.